The summed E-state index contributed by atoms with van der Waals surface area (Å²) in [6.07, 6.45) is -0.534. The standard InChI is InChI=1S/C21H22ClNO5/c1-14(24)19(12-16-6-4-3-5-7-16)23-20(25)13-27-21(26)15(2)28-18-10-8-17(22)9-11-18/h3-11,15,19H,12-13H2,1-2H3,(H,23,25)/t15-,19+/m0/s1. The Morgan fingerprint density at radius 1 is 1.04 bits per heavy atom. The zero-order valence-corrected chi connectivity index (χ0v) is 16.4. The number of carbonyl (C=O) groups excluding carboxylic acids is 3. The number of Topliss-reactive ketones (excluding diaryl/α,β-unsaturated/α-hetero) is 1. The summed E-state index contributed by atoms with van der Waals surface area (Å²) in [5.74, 6) is -0.962. The largest absolute Gasteiger partial charge is 0.479 e. The Labute approximate surface area is 168 Å². The molecule has 0 heterocycles. The van der Waals surface area contributed by atoms with Crippen molar-refractivity contribution in [3.63, 3.8) is 0 Å². The molecule has 0 radical (unpaired) electrons. The minimum absolute atomic E-state index is 0.178. The van der Waals surface area contributed by atoms with E-state index in [-0.39, 0.29) is 5.78 Å². The highest BCUT2D eigenvalue weighted by molar-refractivity contribution is 6.30. The quantitative estimate of drug-likeness (QED) is 0.651. The minimum Gasteiger partial charge on any atom is -0.479 e. The highest BCUT2D eigenvalue weighted by Gasteiger charge is 2.21. The van der Waals surface area contributed by atoms with Crippen LogP contribution in [0.15, 0.2) is 54.6 Å². The summed E-state index contributed by atoms with van der Waals surface area (Å²) in [6, 6.07) is 15.2. The molecule has 0 bridgehead atoms. The summed E-state index contributed by atoms with van der Waals surface area (Å²) in [4.78, 5) is 35.9. The first kappa shape index (κ1) is 21.4. The molecule has 0 saturated heterocycles. The molecule has 148 valence electrons. The summed E-state index contributed by atoms with van der Waals surface area (Å²) in [5.41, 5.74) is 0.921. The average molecular weight is 404 g/mol. The highest BCUT2D eigenvalue weighted by atomic mass is 35.5. The third-order valence-electron chi connectivity index (χ3n) is 3.91. The lowest BCUT2D eigenvalue weighted by atomic mass is 10.0. The van der Waals surface area contributed by atoms with Crippen molar-refractivity contribution >= 4 is 29.3 Å². The lowest BCUT2D eigenvalue weighted by Crippen LogP contribution is -2.43. The Morgan fingerprint density at radius 3 is 2.29 bits per heavy atom. The Balaban J connectivity index is 1.81. The number of benzene rings is 2. The van der Waals surface area contributed by atoms with E-state index in [1.165, 1.54) is 13.8 Å². The molecule has 0 aliphatic rings. The fourth-order valence-corrected chi connectivity index (χ4v) is 2.53. The number of carbonyl (C=O) groups is 3. The summed E-state index contributed by atoms with van der Waals surface area (Å²) in [6.45, 7) is 2.43. The molecule has 6 nitrogen and oxygen atoms in total. The van der Waals surface area contributed by atoms with Crippen LogP contribution in [-0.4, -0.2) is 36.4 Å². The van der Waals surface area contributed by atoms with E-state index >= 15 is 0 Å². The summed E-state index contributed by atoms with van der Waals surface area (Å²) in [7, 11) is 0. The number of hydrogen-bond acceptors (Lipinski definition) is 5. The van der Waals surface area contributed by atoms with Gasteiger partial charge in [0.05, 0.1) is 6.04 Å². The van der Waals surface area contributed by atoms with Gasteiger partial charge in [0.2, 0.25) is 0 Å². The number of ether oxygens (including phenoxy) is 2. The minimum atomic E-state index is -0.901. The van der Waals surface area contributed by atoms with E-state index in [1.54, 1.807) is 24.3 Å². The second-order valence-corrected chi connectivity index (χ2v) is 6.68. The molecule has 0 aliphatic carbocycles. The molecule has 0 aliphatic heterocycles. The maximum absolute atomic E-state index is 12.1. The van der Waals surface area contributed by atoms with E-state index < -0.39 is 30.6 Å². The number of esters is 1. The van der Waals surface area contributed by atoms with E-state index in [0.29, 0.717) is 17.2 Å². The first-order valence-corrected chi connectivity index (χ1v) is 9.15. The smallest absolute Gasteiger partial charge is 0.347 e. The maximum atomic E-state index is 12.1. The topological polar surface area (TPSA) is 81.7 Å². The van der Waals surface area contributed by atoms with Crippen LogP contribution in [0.3, 0.4) is 0 Å². The molecule has 2 aromatic carbocycles. The average Bonchev–Trinajstić information content (AvgIpc) is 2.68. The van der Waals surface area contributed by atoms with E-state index in [9.17, 15) is 14.4 Å². The molecule has 28 heavy (non-hydrogen) atoms. The van der Waals surface area contributed by atoms with Gasteiger partial charge in [0.1, 0.15) is 5.75 Å². The predicted octanol–water partition coefficient (Wildman–Crippen LogP) is 2.97. The molecule has 0 unspecified atom stereocenters. The number of amides is 1. The number of rotatable bonds is 9. The van der Waals surface area contributed by atoms with Crippen LogP contribution in [0, 0.1) is 0 Å². The molecule has 7 heteroatoms. The third-order valence-corrected chi connectivity index (χ3v) is 4.16. The van der Waals surface area contributed by atoms with E-state index in [4.69, 9.17) is 21.1 Å². The first-order valence-electron chi connectivity index (χ1n) is 8.77. The highest BCUT2D eigenvalue weighted by Crippen LogP contribution is 2.17. The van der Waals surface area contributed by atoms with Gasteiger partial charge in [-0.25, -0.2) is 4.79 Å². The molecule has 0 spiro atoms. The van der Waals surface area contributed by atoms with Crippen LogP contribution < -0.4 is 10.1 Å². The van der Waals surface area contributed by atoms with Gasteiger partial charge < -0.3 is 14.8 Å². The van der Waals surface area contributed by atoms with Gasteiger partial charge in [-0.2, -0.15) is 0 Å². The van der Waals surface area contributed by atoms with Crippen LogP contribution in [0.4, 0.5) is 0 Å². The van der Waals surface area contributed by atoms with Crippen LogP contribution in [0.2, 0.25) is 5.02 Å². The second-order valence-electron chi connectivity index (χ2n) is 6.24. The SMILES string of the molecule is CC(=O)[C@@H](Cc1ccccc1)NC(=O)COC(=O)[C@H](C)Oc1ccc(Cl)cc1. The molecule has 2 aromatic rings. The maximum Gasteiger partial charge on any atom is 0.347 e. The van der Waals surface area contributed by atoms with Crippen molar-refractivity contribution in [2.75, 3.05) is 6.61 Å². The molecule has 0 saturated carbocycles. The van der Waals surface area contributed by atoms with Crippen molar-refractivity contribution < 1.29 is 23.9 Å². The fraction of sp³-hybridized carbons (Fsp3) is 0.286. The molecular weight excluding hydrogens is 382 g/mol. The van der Waals surface area contributed by atoms with Crippen LogP contribution in [0.5, 0.6) is 5.75 Å². The molecule has 1 N–H and O–H groups in total. The van der Waals surface area contributed by atoms with Gasteiger partial charge in [0.25, 0.3) is 5.91 Å². The van der Waals surface area contributed by atoms with Gasteiger partial charge in [-0.05, 0) is 50.1 Å². The number of nitrogens with one attached hydrogen (secondary N) is 1. The predicted molar refractivity (Wildman–Crippen MR) is 105 cm³/mol. The Morgan fingerprint density at radius 2 is 1.68 bits per heavy atom. The van der Waals surface area contributed by atoms with Crippen LogP contribution in [0.1, 0.15) is 19.4 Å². The third kappa shape index (κ3) is 7.04. The van der Waals surface area contributed by atoms with Crippen LogP contribution in [-0.2, 0) is 25.5 Å². The van der Waals surface area contributed by atoms with Gasteiger partial charge in [0, 0.05) is 5.02 Å². The van der Waals surface area contributed by atoms with Crippen molar-refractivity contribution in [3.05, 3.63) is 65.2 Å². The van der Waals surface area contributed by atoms with Gasteiger partial charge >= 0.3 is 5.97 Å². The zero-order chi connectivity index (χ0) is 20.5. The van der Waals surface area contributed by atoms with Crippen molar-refractivity contribution in [1.82, 2.24) is 5.32 Å². The number of ketones is 1. The summed E-state index contributed by atoms with van der Waals surface area (Å²) >= 11 is 5.79. The normalized spacial score (nSPS) is 12.5. The lowest BCUT2D eigenvalue weighted by molar-refractivity contribution is -0.155. The summed E-state index contributed by atoms with van der Waals surface area (Å²) in [5, 5.41) is 3.14. The molecular formula is C21H22ClNO5. The van der Waals surface area contributed by atoms with Crippen molar-refractivity contribution in [2.24, 2.45) is 0 Å². The molecule has 0 aromatic heterocycles. The Hall–Kier alpha value is -2.86. The second kappa shape index (κ2) is 10.5. The zero-order valence-electron chi connectivity index (χ0n) is 15.7. The van der Waals surface area contributed by atoms with Crippen molar-refractivity contribution in [1.29, 1.82) is 0 Å². The Bertz CT molecular complexity index is 807. The van der Waals surface area contributed by atoms with Crippen LogP contribution >= 0.6 is 11.6 Å². The van der Waals surface area contributed by atoms with Crippen molar-refractivity contribution in [2.45, 2.75) is 32.4 Å². The van der Waals surface area contributed by atoms with Gasteiger partial charge in [0.15, 0.2) is 18.5 Å². The van der Waals surface area contributed by atoms with Gasteiger partial charge in [-0.15, -0.1) is 0 Å². The monoisotopic (exact) mass is 403 g/mol. The van der Waals surface area contributed by atoms with E-state index in [2.05, 4.69) is 5.32 Å². The Kier molecular flexibility index (Phi) is 8.02. The van der Waals surface area contributed by atoms with Crippen molar-refractivity contribution in [3.8, 4) is 5.75 Å². The van der Waals surface area contributed by atoms with Crippen LogP contribution in [0.25, 0.3) is 0 Å². The number of hydrogen-bond donors (Lipinski definition) is 1. The van der Waals surface area contributed by atoms with Gasteiger partial charge in [-0.3, -0.25) is 9.59 Å². The molecule has 0 fully saturated rings. The first-order chi connectivity index (χ1) is 13.3. The molecule has 2 rings (SSSR count). The molecule has 1 amide bonds. The van der Waals surface area contributed by atoms with Gasteiger partial charge in [-0.1, -0.05) is 41.9 Å². The van der Waals surface area contributed by atoms with E-state index in [0.717, 1.165) is 5.56 Å². The fourth-order valence-electron chi connectivity index (χ4n) is 2.40. The lowest BCUT2D eigenvalue weighted by Gasteiger charge is -2.17. The summed E-state index contributed by atoms with van der Waals surface area (Å²) < 4.78 is 10.4. The molecule has 2 atom stereocenters. The number of halogens is 1. The van der Waals surface area contributed by atoms with E-state index in [1.807, 2.05) is 30.3 Å².